The first-order valence-electron chi connectivity index (χ1n) is 7.55. The van der Waals surface area contributed by atoms with Crippen LogP contribution in [0.25, 0.3) is 5.69 Å². The van der Waals surface area contributed by atoms with Crippen molar-refractivity contribution in [2.75, 3.05) is 0 Å². The van der Waals surface area contributed by atoms with Crippen molar-refractivity contribution in [1.82, 2.24) is 9.55 Å². The molecule has 0 amide bonds. The maximum Gasteiger partial charge on any atom is 0.0997 e. The van der Waals surface area contributed by atoms with Crippen LogP contribution in [-0.2, 0) is 19.3 Å². The molecule has 3 heteroatoms. The van der Waals surface area contributed by atoms with E-state index in [1.807, 2.05) is 6.33 Å². The number of aryl methyl sites for hydroxylation is 2. The zero-order chi connectivity index (χ0) is 14.1. The van der Waals surface area contributed by atoms with Crippen molar-refractivity contribution < 1.29 is 0 Å². The first-order valence-corrected chi connectivity index (χ1v) is 7.55. The summed E-state index contributed by atoms with van der Waals surface area (Å²) in [7, 11) is 0. The summed E-state index contributed by atoms with van der Waals surface area (Å²) in [4.78, 5) is 4.59. The lowest BCUT2D eigenvalue weighted by Gasteiger charge is -2.16. The standard InChI is InChI=1S/C17H23N3/c1-12-9-14(10-13(2)18)7-8-16(12)20-11-19-15-5-3-4-6-17(15)20/h7-9,11,13H,3-6,10,18H2,1-2H3. The lowest BCUT2D eigenvalue weighted by Crippen LogP contribution is -2.17. The Balaban J connectivity index is 1.96. The third kappa shape index (κ3) is 2.50. The van der Waals surface area contributed by atoms with Gasteiger partial charge in [-0.25, -0.2) is 4.98 Å². The van der Waals surface area contributed by atoms with E-state index in [2.05, 4.69) is 41.6 Å². The van der Waals surface area contributed by atoms with E-state index in [0.717, 1.165) is 19.3 Å². The van der Waals surface area contributed by atoms with E-state index in [1.165, 1.54) is 41.0 Å². The van der Waals surface area contributed by atoms with Crippen molar-refractivity contribution in [2.45, 2.75) is 52.0 Å². The molecule has 106 valence electrons. The van der Waals surface area contributed by atoms with Gasteiger partial charge in [-0.15, -0.1) is 0 Å². The fourth-order valence-corrected chi connectivity index (χ4v) is 3.16. The topological polar surface area (TPSA) is 43.8 Å². The number of fused-ring (bicyclic) bond motifs is 1. The van der Waals surface area contributed by atoms with Gasteiger partial charge in [0.05, 0.1) is 12.0 Å². The molecule has 0 bridgehead atoms. The summed E-state index contributed by atoms with van der Waals surface area (Å²) in [5.41, 5.74) is 12.4. The minimum Gasteiger partial charge on any atom is -0.328 e. The minimum atomic E-state index is 0.209. The summed E-state index contributed by atoms with van der Waals surface area (Å²) in [6.07, 6.45) is 7.75. The lowest BCUT2D eigenvalue weighted by molar-refractivity contribution is 0.655. The van der Waals surface area contributed by atoms with Gasteiger partial charge in [0.2, 0.25) is 0 Å². The van der Waals surface area contributed by atoms with Crippen LogP contribution in [-0.4, -0.2) is 15.6 Å². The van der Waals surface area contributed by atoms with Gasteiger partial charge in [-0.1, -0.05) is 12.1 Å². The molecular formula is C17H23N3. The normalized spacial score (nSPS) is 15.9. The molecule has 0 saturated heterocycles. The number of hydrogen-bond acceptors (Lipinski definition) is 2. The van der Waals surface area contributed by atoms with Crippen LogP contribution in [0.1, 0.15) is 42.3 Å². The molecule has 0 spiro atoms. The average Bonchev–Trinajstić information content (AvgIpc) is 2.82. The number of nitrogens with zero attached hydrogens (tertiary/aromatic N) is 2. The maximum atomic E-state index is 5.88. The molecule has 1 aliphatic carbocycles. The predicted octanol–water partition coefficient (Wildman–Crippen LogP) is 2.95. The van der Waals surface area contributed by atoms with Crippen LogP contribution < -0.4 is 5.73 Å². The first kappa shape index (κ1) is 13.4. The Morgan fingerprint density at radius 2 is 2.10 bits per heavy atom. The third-order valence-electron chi connectivity index (χ3n) is 4.11. The number of nitrogens with two attached hydrogens (primary N) is 1. The van der Waals surface area contributed by atoms with Crippen molar-refractivity contribution >= 4 is 0 Å². The number of benzene rings is 1. The molecular weight excluding hydrogens is 246 g/mol. The van der Waals surface area contributed by atoms with Crippen LogP contribution >= 0.6 is 0 Å². The lowest BCUT2D eigenvalue weighted by atomic mass is 10.00. The molecule has 0 saturated carbocycles. The van der Waals surface area contributed by atoms with Crippen molar-refractivity contribution in [3.8, 4) is 5.69 Å². The second kappa shape index (κ2) is 5.41. The zero-order valence-corrected chi connectivity index (χ0v) is 12.4. The summed E-state index contributed by atoms with van der Waals surface area (Å²) in [5, 5.41) is 0. The first-order chi connectivity index (χ1) is 9.65. The summed E-state index contributed by atoms with van der Waals surface area (Å²) in [6, 6.07) is 6.87. The van der Waals surface area contributed by atoms with Gasteiger partial charge in [-0.2, -0.15) is 0 Å². The van der Waals surface area contributed by atoms with Crippen LogP contribution in [0.2, 0.25) is 0 Å². The van der Waals surface area contributed by atoms with E-state index in [0.29, 0.717) is 0 Å². The fraction of sp³-hybridized carbons (Fsp3) is 0.471. The Morgan fingerprint density at radius 3 is 2.85 bits per heavy atom. The molecule has 1 aromatic heterocycles. The molecule has 0 radical (unpaired) electrons. The number of imidazole rings is 1. The Bertz CT molecular complexity index is 611. The summed E-state index contributed by atoms with van der Waals surface area (Å²) in [6.45, 7) is 4.23. The molecule has 1 aromatic carbocycles. The monoisotopic (exact) mass is 269 g/mol. The van der Waals surface area contributed by atoms with Gasteiger partial charge in [-0.3, -0.25) is 0 Å². The number of aromatic nitrogens is 2. The fourth-order valence-electron chi connectivity index (χ4n) is 3.16. The van der Waals surface area contributed by atoms with Gasteiger partial charge >= 0.3 is 0 Å². The summed E-state index contributed by atoms with van der Waals surface area (Å²) >= 11 is 0. The van der Waals surface area contributed by atoms with Crippen molar-refractivity contribution in [3.63, 3.8) is 0 Å². The van der Waals surface area contributed by atoms with E-state index in [9.17, 15) is 0 Å². The molecule has 1 heterocycles. The molecule has 2 aromatic rings. The van der Waals surface area contributed by atoms with E-state index in [-0.39, 0.29) is 6.04 Å². The largest absolute Gasteiger partial charge is 0.328 e. The number of rotatable bonds is 3. The van der Waals surface area contributed by atoms with Crippen LogP contribution in [0.15, 0.2) is 24.5 Å². The highest BCUT2D eigenvalue weighted by Gasteiger charge is 2.17. The average molecular weight is 269 g/mol. The smallest absolute Gasteiger partial charge is 0.0997 e. The minimum absolute atomic E-state index is 0.209. The van der Waals surface area contributed by atoms with E-state index < -0.39 is 0 Å². The van der Waals surface area contributed by atoms with Gasteiger partial charge < -0.3 is 10.3 Å². The predicted molar refractivity (Wildman–Crippen MR) is 82.3 cm³/mol. The maximum absolute atomic E-state index is 5.88. The van der Waals surface area contributed by atoms with Crippen molar-refractivity contribution in [3.05, 3.63) is 47.0 Å². The van der Waals surface area contributed by atoms with Crippen LogP contribution in [0.5, 0.6) is 0 Å². The highest BCUT2D eigenvalue weighted by molar-refractivity contribution is 5.45. The third-order valence-corrected chi connectivity index (χ3v) is 4.11. The Labute approximate surface area is 120 Å². The molecule has 2 N–H and O–H groups in total. The van der Waals surface area contributed by atoms with Gasteiger partial charge in [0.1, 0.15) is 0 Å². The molecule has 1 aliphatic rings. The van der Waals surface area contributed by atoms with Crippen LogP contribution in [0.4, 0.5) is 0 Å². The summed E-state index contributed by atoms with van der Waals surface area (Å²) in [5.74, 6) is 0. The highest BCUT2D eigenvalue weighted by Crippen LogP contribution is 2.25. The Hall–Kier alpha value is -1.61. The zero-order valence-electron chi connectivity index (χ0n) is 12.4. The van der Waals surface area contributed by atoms with Crippen LogP contribution in [0.3, 0.4) is 0 Å². The highest BCUT2D eigenvalue weighted by atomic mass is 15.1. The van der Waals surface area contributed by atoms with E-state index in [1.54, 1.807) is 0 Å². The van der Waals surface area contributed by atoms with Crippen LogP contribution in [0, 0.1) is 6.92 Å². The Kier molecular flexibility index (Phi) is 3.62. The summed E-state index contributed by atoms with van der Waals surface area (Å²) < 4.78 is 2.28. The molecule has 3 nitrogen and oxygen atoms in total. The number of hydrogen-bond donors (Lipinski definition) is 1. The molecule has 1 unspecified atom stereocenters. The van der Waals surface area contributed by atoms with E-state index >= 15 is 0 Å². The molecule has 3 rings (SSSR count). The molecule has 0 aliphatic heterocycles. The van der Waals surface area contributed by atoms with E-state index in [4.69, 9.17) is 5.73 Å². The van der Waals surface area contributed by atoms with Gasteiger partial charge in [0.15, 0.2) is 0 Å². The van der Waals surface area contributed by atoms with Crippen molar-refractivity contribution in [1.29, 1.82) is 0 Å². The quantitative estimate of drug-likeness (QED) is 0.931. The second-order valence-electron chi connectivity index (χ2n) is 6.02. The molecule has 1 atom stereocenters. The second-order valence-corrected chi connectivity index (χ2v) is 6.02. The molecule has 0 fully saturated rings. The molecule has 20 heavy (non-hydrogen) atoms. The SMILES string of the molecule is Cc1cc(CC(C)N)ccc1-n1cnc2c1CCCC2. The van der Waals surface area contributed by atoms with Gasteiger partial charge in [-0.05, 0) is 63.1 Å². The van der Waals surface area contributed by atoms with Gasteiger partial charge in [0, 0.05) is 17.4 Å². The van der Waals surface area contributed by atoms with Gasteiger partial charge in [0.25, 0.3) is 0 Å². The van der Waals surface area contributed by atoms with Crippen molar-refractivity contribution in [2.24, 2.45) is 5.73 Å². The Morgan fingerprint density at radius 1 is 1.30 bits per heavy atom.